The lowest BCUT2D eigenvalue weighted by molar-refractivity contribution is 0.143. The van der Waals surface area contributed by atoms with E-state index < -0.39 is 22.2 Å². The summed E-state index contributed by atoms with van der Waals surface area (Å²) in [5.41, 5.74) is 1.01. The Labute approximate surface area is 162 Å². The topological polar surface area (TPSA) is 79.0 Å². The number of hydrogen-bond donors (Lipinski definition) is 1. The second kappa shape index (κ2) is 7.14. The first-order valence-electron chi connectivity index (χ1n) is 8.90. The van der Waals surface area contributed by atoms with Crippen LogP contribution in [0.25, 0.3) is 0 Å². The lowest BCUT2D eigenvalue weighted by atomic mass is 10.2. The van der Waals surface area contributed by atoms with Crippen LogP contribution in [0.1, 0.15) is 12.8 Å². The molecule has 1 aromatic rings. The van der Waals surface area contributed by atoms with Crippen molar-refractivity contribution in [1.82, 2.24) is 4.72 Å². The Balaban J connectivity index is 1.49. The van der Waals surface area contributed by atoms with Gasteiger partial charge in [0.25, 0.3) is 0 Å². The highest BCUT2D eigenvalue weighted by Crippen LogP contribution is 2.40. The largest absolute Gasteiger partial charge is 0.443 e. The van der Waals surface area contributed by atoms with E-state index in [0.29, 0.717) is 23.5 Å². The van der Waals surface area contributed by atoms with E-state index in [1.807, 2.05) is 11.8 Å². The number of thioether (sulfide) groups is 1. The summed E-state index contributed by atoms with van der Waals surface area (Å²) < 4.78 is 44.8. The Morgan fingerprint density at radius 2 is 2.00 bits per heavy atom. The van der Waals surface area contributed by atoms with Gasteiger partial charge in [0.2, 0.25) is 10.0 Å². The zero-order valence-electron chi connectivity index (χ0n) is 14.9. The summed E-state index contributed by atoms with van der Waals surface area (Å²) in [7, 11) is -3.37. The van der Waals surface area contributed by atoms with Crippen LogP contribution in [0.2, 0.25) is 0 Å². The fraction of sp³-hybridized carbons (Fsp3) is 0.588. The van der Waals surface area contributed by atoms with Crippen LogP contribution in [0.4, 0.5) is 20.6 Å². The molecule has 3 aliphatic heterocycles. The number of halogens is 1. The van der Waals surface area contributed by atoms with Crippen LogP contribution >= 0.6 is 11.8 Å². The zero-order valence-corrected chi connectivity index (χ0v) is 16.6. The van der Waals surface area contributed by atoms with Crippen molar-refractivity contribution in [3.8, 4) is 0 Å². The molecule has 0 saturated carbocycles. The summed E-state index contributed by atoms with van der Waals surface area (Å²) in [6.07, 6.45) is 2.02. The monoisotopic (exact) mass is 415 g/mol. The van der Waals surface area contributed by atoms with Crippen molar-refractivity contribution in [3.05, 3.63) is 24.0 Å². The van der Waals surface area contributed by atoms with Crippen LogP contribution < -0.4 is 14.5 Å². The predicted octanol–water partition coefficient (Wildman–Crippen LogP) is 1.78. The van der Waals surface area contributed by atoms with Gasteiger partial charge in [-0.3, -0.25) is 4.90 Å². The maximum absolute atomic E-state index is 14.9. The molecule has 4 rings (SSSR count). The molecule has 148 valence electrons. The van der Waals surface area contributed by atoms with Gasteiger partial charge in [0.1, 0.15) is 11.9 Å². The molecule has 2 bridgehead atoms. The van der Waals surface area contributed by atoms with E-state index >= 15 is 0 Å². The highest BCUT2D eigenvalue weighted by atomic mass is 32.2. The van der Waals surface area contributed by atoms with Gasteiger partial charge in [0, 0.05) is 30.1 Å². The highest BCUT2D eigenvalue weighted by molar-refractivity contribution is 7.99. The Bertz CT molecular complexity index is 835. The van der Waals surface area contributed by atoms with Crippen molar-refractivity contribution in [2.75, 3.05) is 40.7 Å². The zero-order chi connectivity index (χ0) is 19.2. The molecule has 1 unspecified atom stereocenters. The molecule has 1 amide bonds. The van der Waals surface area contributed by atoms with E-state index in [1.54, 1.807) is 12.1 Å². The van der Waals surface area contributed by atoms with E-state index in [4.69, 9.17) is 4.74 Å². The first kappa shape index (κ1) is 18.8. The van der Waals surface area contributed by atoms with Gasteiger partial charge in [-0.25, -0.2) is 22.3 Å². The summed E-state index contributed by atoms with van der Waals surface area (Å²) in [5.74, 6) is 1.69. The maximum Gasteiger partial charge on any atom is 0.414 e. The highest BCUT2D eigenvalue weighted by Gasteiger charge is 2.39. The molecule has 3 saturated heterocycles. The summed E-state index contributed by atoms with van der Waals surface area (Å²) in [5, 5.41) is 0. The van der Waals surface area contributed by atoms with Gasteiger partial charge in [-0.15, -0.1) is 0 Å². The number of fused-ring (bicyclic) bond motifs is 2. The number of carbonyl (C=O) groups is 1. The van der Waals surface area contributed by atoms with Crippen LogP contribution in [-0.2, 0) is 14.8 Å². The van der Waals surface area contributed by atoms with Crippen molar-refractivity contribution in [2.24, 2.45) is 0 Å². The summed E-state index contributed by atoms with van der Waals surface area (Å²) >= 11 is 1.93. The van der Waals surface area contributed by atoms with Gasteiger partial charge in [-0.2, -0.15) is 11.8 Å². The Hall–Kier alpha value is -1.52. The molecule has 1 aromatic carbocycles. The lowest BCUT2D eigenvalue weighted by Gasteiger charge is -2.36. The lowest BCUT2D eigenvalue weighted by Crippen LogP contribution is -2.43. The third kappa shape index (κ3) is 3.88. The van der Waals surface area contributed by atoms with Gasteiger partial charge in [-0.1, -0.05) is 0 Å². The number of sulfonamides is 1. The van der Waals surface area contributed by atoms with Gasteiger partial charge in [0.05, 0.1) is 24.2 Å². The van der Waals surface area contributed by atoms with Gasteiger partial charge < -0.3 is 9.64 Å². The summed E-state index contributed by atoms with van der Waals surface area (Å²) in [6, 6.07) is 5.58. The van der Waals surface area contributed by atoms with Gasteiger partial charge in [-0.05, 0) is 31.0 Å². The van der Waals surface area contributed by atoms with Gasteiger partial charge >= 0.3 is 6.09 Å². The molecule has 1 N–H and O–H groups in total. The van der Waals surface area contributed by atoms with Crippen LogP contribution in [0, 0.1) is 5.82 Å². The second-order valence-corrected chi connectivity index (χ2v) is 10.1. The minimum atomic E-state index is -3.37. The van der Waals surface area contributed by atoms with Crippen LogP contribution in [0.15, 0.2) is 18.2 Å². The number of rotatable bonds is 5. The minimum absolute atomic E-state index is 0.00353. The molecule has 0 aromatic heterocycles. The third-order valence-corrected chi connectivity index (χ3v) is 7.14. The summed E-state index contributed by atoms with van der Waals surface area (Å²) in [4.78, 5) is 15.6. The number of nitrogens with one attached hydrogen (secondary N) is 1. The Morgan fingerprint density at radius 3 is 2.63 bits per heavy atom. The van der Waals surface area contributed by atoms with E-state index in [1.165, 1.54) is 11.0 Å². The van der Waals surface area contributed by atoms with Crippen LogP contribution in [0.3, 0.4) is 0 Å². The van der Waals surface area contributed by atoms with Crippen molar-refractivity contribution in [2.45, 2.75) is 31.0 Å². The third-order valence-electron chi connectivity index (χ3n) is 5.21. The molecular weight excluding hydrogens is 393 g/mol. The molecule has 0 aliphatic carbocycles. The number of nitrogens with zero attached hydrogens (tertiary/aromatic N) is 2. The molecular formula is C17H22FN3O4S2. The number of hydrogen-bond acceptors (Lipinski definition) is 6. The van der Waals surface area contributed by atoms with E-state index in [9.17, 15) is 17.6 Å². The van der Waals surface area contributed by atoms with E-state index in [0.717, 1.165) is 30.6 Å². The van der Waals surface area contributed by atoms with E-state index in [-0.39, 0.29) is 18.9 Å². The first-order valence-corrected chi connectivity index (χ1v) is 11.9. The number of anilines is 2. The molecule has 0 radical (unpaired) electrons. The average Bonchev–Trinajstić information content (AvgIpc) is 3.08. The fourth-order valence-corrected chi connectivity index (χ4v) is 5.80. The van der Waals surface area contributed by atoms with Gasteiger partial charge in [0.15, 0.2) is 0 Å². The van der Waals surface area contributed by atoms with Crippen molar-refractivity contribution >= 4 is 39.3 Å². The standard InChI is InChI=1S/C17H22FN3O4S2/c1-27(23,24)19-7-14-8-20(17(22)25-14)11-4-5-16(15(18)6-11)21-12-2-3-13(21)10-26-9-12/h4-6,12-14,19H,2-3,7-10H2,1H3/t12-,13+,14?. The van der Waals surface area contributed by atoms with E-state index in [2.05, 4.69) is 9.62 Å². The molecule has 3 aliphatic rings. The summed E-state index contributed by atoms with van der Waals surface area (Å²) in [6.45, 7) is 0.169. The number of amides is 1. The second-order valence-electron chi connectivity index (χ2n) is 7.20. The van der Waals surface area contributed by atoms with Crippen molar-refractivity contribution < 1.29 is 22.3 Å². The quantitative estimate of drug-likeness (QED) is 0.790. The Kier molecular flexibility index (Phi) is 4.98. The maximum atomic E-state index is 14.9. The number of ether oxygens (including phenoxy) is 1. The fourth-order valence-electron chi connectivity index (χ4n) is 3.98. The number of carbonyl (C=O) groups excluding carboxylic acids is 1. The van der Waals surface area contributed by atoms with Crippen LogP contribution in [-0.4, -0.2) is 63.5 Å². The minimum Gasteiger partial charge on any atom is -0.443 e. The molecule has 3 atom stereocenters. The number of cyclic esters (lactones) is 1. The van der Waals surface area contributed by atoms with Crippen molar-refractivity contribution in [1.29, 1.82) is 0 Å². The normalized spacial score (nSPS) is 27.9. The molecule has 27 heavy (non-hydrogen) atoms. The average molecular weight is 416 g/mol. The Morgan fingerprint density at radius 1 is 1.30 bits per heavy atom. The molecule has 3 heterocycles. The number of benzene rings is 1. The first-order chi connectivity index (χ1) is 12.8. The molecule has 3 fully saturated rings. The molecule has 7 nitrogen and oxygen atoms in total. The van der Waals surface area contributed by atoms with Crippen LogP contribution in [0.5, 0.6) is 0 Å². The van der Waals surface area contributed by atoms with Crippen molar-refractivity contribution in [3.63, 3.8) is 0 Å². The molecule has 0 spiro atoms. The SMILES string of the molecule is CS(=O)(=O)NCC1CN(c2ccc(N3[C@@H]4CC[C@H]3CSC4)c(F)c2)C(=O)O1. The predicted molar refractivity (Wildman–Crippen MR) is 103 cm³/mol. The smallest absolute Gasteiger partial charge is 0.414 e. The molecule has 10 heteroatoms.